The molecule has 0 spiro atoms. The van der Waals surface area contributed by atoms with Crippen LogP contribution in [0.1, 0.15) is 11.1 Å². The summed E-state index contributed by atoms with van der Waals surface area (Å²) in [5.41, 5.74) is 1.85. The molecule has 1 N–H and O–H groups in total. The molecule has 0 unspecified atom stereocenters. The van der Waals surface area contributed by atoms with Gasteiger partial charge in [0.2, 0.25) is 5.91 Å². The van der Waals surface area contributed by atoms with Crippen molar-refractivity contribution in [3.63, 3.8) is 0 Å². The number of carbonyl (C=O) groups excluding carboxylic acids is 1. The fraction of sp³-hybridized carbons (Fsp3) is 0.235. The minimum absolute atomic E-state index is 0.0407. The van der Waals surface area contributed by atoms with Crippen LogP contribution in [-0.2, 0) is 17.8 Å². The molecule has 0 aliphatic rings. The Hall–Kier alpha value is -1.84. The Morgan fingerprint density at radius 3 is 2.38 bits per heavy atom. The maximum atomic E-state index is 12.4. The van der Waals surface area contributed by atoms with E-state index in [0.717, 1.165) is 11.1 Å². The molecule has 0 aromatic heterocycles. The molecule has 0 saturated carbocycles. The molecule has 0 fully saturated rings. The molecular weight excluding hydrogens is 286 g/mol. The first-order valence-electron chi connectivity index (χ1n) is 6.86. The van der Waals surface area contributed by atoms with Gasteiger partial charge < -0.3 is 10.0 Å². The Labute approximate surface area is 129 Å². The molecular formula is C17H18ClNO2. The summed E-state index contributed by atoms with van der Waals surface area (Å²) in [5, 5.41) is 9.76. The van der Waals surface area contributed by atoms with Crippen LogP contribution >= 0.6 is 11.6 Å². The van der Waals surface area contributed by atoms with E-state index in [0.29, 0.717) is 18.1 Å². The molecule has 0 aliphatic heterocycles. The second-order valence-corrected chi connectivity index (χ2v) is 5.20. The number of carbonyl (C=O) groups is 1. The largest absolute Gasteiger partial charge is 0.395 e. The zero-order valence-electron chi connectivity index (χ0n) is 11.7. The first kappa shape index (κ1) is 15.5. The van der Waals surface area contributed by atoms with Crippen LogP contribution in [0.2, 0.25) is 5.02 Å². The lowest BCUT2D eigenvalue weighted by Gasteiger charge is -2.22. The highest BCUT2D eigenvalue weighted by molar-refractivity contribution is 6.31. The summed E-state index contributed by atoms with van der Waals surface area (Å²) >= 11 is 6.09. The van der Waals surface area contributed by atoms with Crippen LogP contribution in [0.3, 0.4) is 0 Å². The van der Waals surface area contributed by atoms with E-state index in [1.807, 2.05) is 48.5 Å². The SMILES string of the molecule is O=C(Cc1ccccc1Cl)N(CCO)Cc1ccccc1. The Balaban J connectivity index is 2.07. The molecule has 1 amide bonds. The fourth-order valence-electron chi connectivity index (χ4n) is 2.13. The minimum Gasteiger partial charge on any atom is -0.395 e. The van der Waals surface area contributed by atoms with Crippen molar-refractivity contribution in [3.8, 4) is 0 Å². The van der Waals surface area contributed by atoms with Gasteiger partial charge >= 0.3 is 0 Å². The molecule has 4 heteroatoms. The Kier molecular flexibility index (Phi) is 5.78. The average molecular weight is 304 g/mol. The lowest BCUT2D eigenvalue weighted by Crippen LogP contribution is -2.34. The molecule has 0 atom stereocenters. The van der Waals surface area contributed by atoms with Gasteiger partial charge in [-0.15, -0.1) is 0 Å². The number of aliphatic hydroxyl groups is 1. The van der Waals surface area contributed by atoms with Crippen molar-refractivity contribution < 1.29 is 9.90 Å². The van der Waals surface area contributed by atoms with E-state index in [9.17, 15) is 4.79 Å². The maximum Gasteiger partial charge on any atom is 0.227 e. The predicted molar refractivity (Wildman–Crippen MR) is 84.1 cm³/mol. The molecule has 2 rings (SSSR count). The first-order valence-corrected chi connectivity index (χ1v) is 7.24. The third-order valence-corrected chi connectivity index (χ3v) is 3.61. The van der Waals surface area contributed by atoms with Gasteiger partial charge in [-0.25, -0.2) is 0 Å². The van der Waals surface area contributed by atoms with E-state index in [4.69, 9.17) is 16.7 Å². The summed E-state index contributed by atoms with van der Waals surface area (Å²) in [6.07, 6.45) is 0.243. The van der Waals surface area contributed by atoms with Crippen LogP contribution in [0.5, 0.6) is 0 Å². The summed E-state index contributed by atoms with van der Waals surface area (Å²) in [6, 6.07) is 17.1. The van der Waals surface area contributed by atoms with Gasteiger partial charge in [0.05, 0.1) is 13.0 Å². The molecule has 0 aliphatic carbocycles. The third kappa shape index (κ3) is 4.59. The minimum atomic E-state index is -0.0545. The van der Waals surface area contributed by atoms with E-state index in [2.05, 4.69) is 0 Å². The van der Waals surface area contributed by atoms with Crippen molar-refractivity contribution in [3.05, 3.63) is 70.7 Å². The second-order valence-electron chi connectivity index (χ2n) is 4.79. The summed E-state index contributed by atoms with van der Waals surface area (Å²) in [6.45, 7) is 0.754. The number of rotatable bonds is 6. The van der Waals surface area contributed by atoms with Crippen LogP contribution < -0.4 is 0 Å². The summed E-state index contributed by atoms with van der Waals surface area (Å²) < 4.78 is 0. The summed E-state index contributed by atoms with van der Waals surface area (Å²) in [5.74, 6) is -0.0407. The molecule has 21 heavy (non-hydrogen) atoms. The zero-order valence-corrected chi connectivity index (χ0v) is 12.5. The van der Waals surface area contributed by atoms with Crippen LogP contribution in [0.4, 0.5) is 0 Å². The molecule has 2 aromatic rings. The molecule has 0 bridgehead atoms. The average Bonchev–Trinajstić information content (AvgIpc) is 2.50. The molecule has 3 nitrogen and oxygen atoms in total. The maximum absolute atomic E-state index is 12.4. The molecule has 110 valence electrons. The zero-order chi connectivity index (χ0) is 15.1. The second kappa shape index (κ2) is 7.81. The van der Waals surface area contributed by atoms with E-state index >= 15 is 0 Å². The highest BCUT2D eigenvalue weighted by atomic mass is 35.5. The number of amides is 1. The van der Waals surface area contributed by atoms with Crippen molar-refractivity contribution in [2.45, 2.75) is 13.0 Å². The quantitative estimate of drug-likeness (QED) is 0.891. The van der Waals surface area contributed by atoms with Crippen molar-refractivity contribution in [2.75, 3.05) is 13.2 Å². The van der Waals surface area contributed by atoms with Gasteiger partial charge in [0.15, 0.2) is 0 Å². The van der Waals surface area contributed by atoms with Gasteiger partial charge in [0.25, 0.3) is 0 Å². The van der Waals surface area contributed by atoms with E-state index in [1.54, 1.807) is 11.0 Å². The Bertz CT molecular complexity index is 586. The van der Waals surface area contributed by atoms with Gasteiger partial charge in [0.1, 0.15) is 0 Å². The van der Waals surface area contributed by atoms with Crippen LogP contribution in [-0.4, -0.2) is 29.1 Å². The van der Waals surface area contributed by atoms with Gasteiger partial charge in [-0.1, -0.05) is 60.1 Å². The van der Waals surface area contributed by atoms with E-state index in [-0.39, 0.29) is 18.9 Å². The van der Waals surface area contributed by atoms with Crippen molar-refractivity contribution in [1.82, 2.24) is 4.90 Å². The standard InChI is InChI=1S/C17H18ClNO2/c18-16-9-5-4-8-15(16)12-17(21)19(10-11-20)13-14-6-2-1-3-7-14/h1-9,20H,10-13H2. The third-order valence-electron chi connectivity index (χ3n) is 3.24. The molecule has 0 radical (unpaired) electrons. The Morgan fingerprint density at radius 1 is 1.05 bits per heavy atom. The predicted octanol–water partition coefficient (Wildman–Crippen LogP) is 2.90. The molecule has 0 heterocycles. The van der Waals surface area contributed by atoms with Gasteiger partial charge in [0, 0.05) is 18.1 Å². The first-order chi connectivity index (χ1) is 10.2. The lowest BCUT2D eigenvalue weighted by atomic mass is 10.1. The van der Waals surface area contributed by atoms with E-state index in [1.165, 1.54) is 0 Å². The number of benzene rings is 2. The summed E-state index contributed by atoms with van der Waals surface area (Å²) in [7, 11) is 0. The van der Waals surface area contributed by atoms with Crippen LogP contribution in [0, 0.1) is 0 Å². The molecule has 2 aromatic carbocycles. The summed E-state index contributed by atoms with van der Waals surface area (Å²) in [4.78, 5) is 14.1. The number of aliphatic hydroxyl groups excluding tert-OH is 1. The van der Waals surface area contributed by atoms with Gasteiger partial charge in [-0.05, 0) is 17.2 Å². The van der Waals surface area contributed by atoms with Gasteiger partial charge in [-0.2, -0.15) is 0 Å². The number of hydrogen-bond donors (Lipinski definition) is 1. The van der Waals surface area contributed by atoms with Gasteiger partial charge in [-0.3, -0.25) is 4.79 Å². The number of nitrogens with zero attached hydrogens (tertiary/aromatic N) is 1. The fourth-order valence-corrected chi connectivity index (χ4v) is 2.34. The van der Waals surface area contributed by atoms with Crippen molar-refractivity contribution in [1.29, 1.82) is 0 Å². The Morgan fingerprint density at radius 2 is 1.71 bits per heavy atom. The van der Waals surface area contributed by atoms with Crippen LogP contribution in [0.15, 0.2) is 54.6 Å². The normalized spacial score (nSPS) is 10.4. The number of hydrogen-bond acceptors (Lipinski definition) is 2. The monoisotopic (exact) mass is 303 g/mol. The number of halogens is 1. The smallest absolute Gasteiger partial charge is 0.227 e. The van der Waals surface area contributed by atoms with E-state index < -0.39 is 0 Å². The van der Waals surface area contributed by atoms with Crippen molar-refractivity contribution >= 4 is 17.5 Å². The topological polar surface area (TPSA) is 40.5 Å². The molecule has 0 saturated heterocycles. The van der Waals surface area contributed by atoms with Crippen LogP contribution in [0.25, 0.3) is 0 Å². The van der Waals surface area contributed by atoms with Crippen molar-refractivity contribution in [2.24, 2.45) is 0 Å². The lowest BCUT2D eigenvalue weighted by molar-refractivity contribution is -0.131. The highest BCUT2D eigenvalue weighted by Crippen LogP contribution is 2.17. The highest BCUT2D eigenvalue weighted by Gasteiger charge is 2.15.